The van der Waals surface area contributed by atoms with Crippen LogP contribution >= 0.6 is 11.8 Å². The summed E-state index contributed by atoms with van der Waals surface area (Å²) >= 11 is 1.92. The van der Waals surface area contributed by atoms with Crippen LogP contribution < -0.4 is 5.32 Å². The number of benzene rings is 4. The summed E-state index contributed by atoms with van der Waals surface area (Å²) in [6.45, 7) is 0. The Morgan fingerprint density at radius 3 is 2.20 bits per heavy atom. The van der Waals surface area contributed by atoms with Crippen LogP contribution in [0.5, 0.6) is 0 Å². The van der Waals surface area contributed by atoms with E-state index in [9.17, 15) is 0 Å². The number of hydrogen-bond acceptors (Lipinski definition) is 3. The first-order chi connectivity index (χ1) is 21.8. The Morgan fingerprint density at radius 1 is 0.750 bits per heavy atom. The Morgan fingerprint density at radius 2 is 1.48 bits per heavy atom. The van der Waals surface area contributed by atoms with Crippen molar-refractivity contribution in [1.29, 1.82) is 0 Å². The summed E-state index contributed by atoms with van der Waals surface area (Å²) in [6.07, 6.45) is 15.8. The van der Waals surface area contributed by atoms with Crippen LogP contribution in [0, 0.1) is 0 Å². The van der Waals surface area contributed by atoms with Gasteiger partial charge in [-0.25, -0.2) is 4.99 Å². The minimum Gasteiger partial charge on any atom is -0.359 e. The van der Waals surface area contributed by atoms with Gasteiger partial charge in [-0.1, -0.05) is 127 Å². The van der Waals surface area contributed by atoms with Gasteiger partial charge in [-0.05, 0) is 59.4 Å². The molecule has 3 nitrogen and oxygen atoms in total. The summed E-state index contributed by atoms with van der Waals surface area (Å²) in [4.78, 5) is 5.32. The van der Waals surface area contributed by atoms with Crippen LogP contribution in [0.25, 0.3) is 27.5 Å². The second kappa shape index (κ2) is 10.4. The first kappa shape index (κ1) is 25.7. The molecule has 9 rings (SSSR count). The zero-order chi connectivity index (χ0) is 29.0. The average Bonchev–Trinajstić information content (AvgIpc) is 3.64. The highest BCUT2D eigenvalue weighted by molar-refractivity contribution is 8.15. The van der Waals surface area contributed by atoms with Crippen LogP contribution in [-0.2, 0) is 0 Å². The standard InChI is InChI=1S/C40H31N3S/c1-2-10-26(11-3-1)27-18-20-28(21-19-27)38-37-33-14-6-9-17-36(33)44-40(37)42-39(41-38)29-22-24-30(25-23-29)43-34-15-7-4-12-31(34)32-13-5-8-16-35(32)43/h1-16,18,20-25,27,36,39,41H,17,19H2. The lowest BCUT2D eigenvalue weighted by Gasteiger charge is -2.28. The quantitative estimate of drug-likeness (QED) is 0.228. The van der Waals surface area contributed by atoms with Crippen LogP contribution in [0.3, 0.4) is 0 Å². The van der Waals surface area contributed by atoms with Gasteiger partial charge in [0.15, 0.2) is 0 Å². The van der Waals surface area contributed by atoms with E-state index in [-0.39, 0.29) is 6.17 Å². The Labute approximate surface area is 261 Å². The molecule has 1 fully saturated rings. The number of allylic oxidation sites excluding steroid dienone is 6. The van der Waals surface area contributed by atoms with E-state index >= 15 is 0 Å². The molecule has 0 radical (unpaired) electrons. The van der Waals surface area contributed by atoms with Crippen molar-refractivity contribution in [2.24, 2.45) is 4.99 Å². The topological polar surface area (TPSA) is 29.3 Å². The van der Waals surface area contributed by atoms with Crippen molar-refractivity contribution >= 4 is 38.6 Å². The molecule has 0 bridgehead atoms. The van der Waals surface area contributed by atoms with Gasteiger partial charge in [0.25, 0.3) is 0 Å². The lowest BCUT2D eigenvalue weighted by atomic mass is 9.86. The number of fused-ring (bicyclic) bond motifs is 6. The molecule has 2 aliphatic heterocycles. The van der Waals surface area contributed by atoms with Gasteiger partial charge in [0.05, 0.1) is 16.7 Å². The number of aliphatic imine (C=N–C) groups is 1. The molecule has 2 aliphatic carbocycles. The van der Waals surface area contributed by atoms with Crippen LogP contribution in [0.4, 0.5) is 0 Å². The Kier molecular flexibility index (Phi) is 6.09. The first-order valence-electron chi connectivity index (χ1n) is 15.5. The highest BCUT2D eigenvalue weighted by Crippen LogP contribution is 2.48. The lowest BCUT2D eigenvalue weighted by Crippen LogP contribution is -2.28. The molecule has 1 N–H and O–H groups in total. The molecule has 5 aromatic rings. The Balaban J connectivity index is 1.08. The third kappa shape index (κ3) is 4.16. The van der Waals surface area contributed by atoms with E-state index < -0.39 is 0 Å². The number of thioether (sulfide) groups is 1. The van der Waals surface area contributed by atoms with Crippen LogP contribution in [0.2, 0.25) is 0 Å². The minimum atomic E-state index is -0.140. The molecule has 0 saturated carbocycles. The zero-order valence-corrected chi connectivity index (χ0v) is 25.0. The number of rotatable bonds is 4. The van der Waals surface area contributed by atoms with E-state index in [2.05, 4.69) is 149 Å². The van der Waals surface area contributed by atoms with E-state index in [1.165, 1.54) is 55.3 Å². The van der Waals surface area contributed by atoms with E-state index in [0.29, 0.717) is 11.2 Å². The van der Waals surface area contributed by atoms with Crippen molar-refractivity contribution in [2.75, 3.05) is 0 Å². The van der Waals surface area contributed by atoms with Crippen molar-refractivity contribution in [3.8, 4) is 5.69 Å². The normalized spacial score (nSPS) is 22.4. The van der Waals surface area contributed by atoms with Gasteiger partial charge in [0.1, 0.15) is 11.2 Å². The smallest absolute Gasteiger partial charge is 0.146 e. The number of nitrogens with zero attached hydrogens (tertiary/aromatic N) is 2. The maximum Gasteiger partial charge on any atom is 0.146 e. The molecule has 3 atom stereocenters. The molecule has 0 spiro atoms. The predicted octanol–water partition coefficient (Wildman–Crippen LogP) is 9.71. The molecule has 4 aliphatic rings. The summed E-state index contributed by atoms with van der Waals surface area (Å²) in [5, 5.41) is 8.06. The highest BCUT2D eigenvalue weighted by atomic mass is 32.2. The summed E-state index contributed by atoms with van der Waals surface area (Å²) in [7, 11) is 0. The lowest BCUT2D eigenvalue weighted by molar-refractivity contribution is 0.622. The largest absolute Gasteiger partial charge is 0.359 e. The van der Waals surface area contributed by atoms with E-state index in [1.54, 1.807) is 0 Å². The highest BCUT2D eigenvalue weighted by Gasteiger charge is 2.38. The third-order valence-corrected chi connectivity index (χ3v) is 10.6. The fraction of sp³-hybridized carbons (Fsp3) is 0.125. The number of aromatic nitrogens is 1. The molecule has 0 amide bonds. The monoisotopic (exact) mass is 585 g/mol. The summed E-state index contributed by atoms with van der Waals surface area (Å²) < 4.78 is 2.37. The molecular formula is C40H31N3S. The second-order valence-corrected chi connectivity index (χ2v) is 13.0. The molecule has 1 aromatic heterocycles. The molecule has 3 heterocycles. The van der Waals surface area contributed by atoms with Crippen molar-refractivity contribution < 1.29 is 0 Å². The summed E-state index contributed by atoms with van der Waals surface area (Å²) in [5.41, 5.74) is 11.3. The molecular weight excluding hydrogens is 555 g/mol. The van der Waals surface area contributed by atoms with E-state index in [1.807, 2.05) is 11.8 Å². The van der Waals surface area contributed by atoms with Gasteiger partial charge < -0.3 is 9.88 Å². The first-order valence-corrected chi connectivity index (χ1v) is 16.3. The Hall–Kier alpha value is -4.80. The molecule has 4 aromatic carbocycles. The van der Waals surface area contributed by atoms with Gasteiger partial charge >= 0.3 is 0 Å². The maximum absolute atomic E-state index is 5.32. The van der Waals surface area contributed by atoms with Crippen molar-refractivity contribution in [3.63, 3.8) is 0 Å². The van der Waals surface area contributed by atoms with Gasteiger partial charge in [-0.3, -0.25) is 0 Å². The predicted molar refractivity (Wildman–Crippen MR) is 185 cm³/mol. The van der Waals surface area contributed by atoms with Gasteiger partial charge in [0, 0.05) is 33.2 Å². The average molecular weight is 586 g/mol. The maximum atomic E-state index is 5.32. The van der Waals surface area contributed by atoms with Crippen LogP contribution in [-0.4, -0.2) is 14.9 Å². The third-order valence-electron chi connectivity index (χ3n) is 9.31. The van der Waals surface area contributed by atoms with Crippen LogP contribution in [0.15, 0.2) is 167 Å². The van der Waals surface area contributed by atoms with Crippen molar-refractivity contribution in [2.45, 2.75) is 30.2 Å². The molecule has 44 heavy (non-hydrogen) atoms. The minimum absolute atomic E-state index is 0.140. The van der Waals surface area contributed by atoms with Gasteiger partial charge in [0.2, 0.25) is 0 Å². The van der Waals surface area contributed by atoms with Crippen molar-refractivity contribution in [1.82, 2.24) is 9.88 Å². The SMILES string of the molecule is C1=CCC2SC3=NC(c4ccc(-n5c6ccccc6c6ccccc65)cc4)NC(C4=CCC(c5ccccc5)C=C4)=C3C2=C1. The second-order valence-electron chi connectivity index (χ2n) is 11.9. The summed E-state index contributed by atoms with van der Waals surface area (Å²) in [5.74, 6) is 0.411. The fourth-order valence-corrected chi connectivity index (χ4v) is 8.44. The molecule has 1 saturated heterocycles. The summed E-state index contributed by atoms with van der Waals surface area (Å²) in [6, 6.07) is 37.1. The number of para-hydroxylation sites is 2. The molecule has 4 heteroatoms. The van der Waals surface area contributed by atoms with Crippen molar-refractivity contribution in [3.05, 3.63) is 173 Å². The van der Waals surface area contributed by atoms with E-state index in [0.717, 1.165) is 23.6 Å². The Bertz CT molecular complexity index is 2070. The van der Waals surface area contributed by atoms with Crippen LogP contribution in [0.1, 0.15) is 36.1 Å². The van der Waals surface area contributed by atoms with Gasteiger partial charge in [-0.2, -0.15) is 0 Å². The van der Waals surface area contributed by atoms with E-state index in [4.69, 9.17) is 4.99 Å². The fourth-order valence-electron chi connectivity index (χ4n) is 7.13. The number of hydrogen-bond donors (Lipinski definition) is 1. The number of nitrogens with one attached hydrogen (secondary N) is 1. The zero-order valence-electron chi connectivity index (χ0n) is 24.2. The van der Waals surface area contributed by atoms with Gasteiger partial charge in [-0.15, -0.1) is 0 Å². The molecule has 3 unspecified atom stereocenters. The molecule has 212 valence electrons.